The van der Waals surface area contributed by atoms with Crippen molar-refractivity contribution in [3.05, 3.63) is 30.2 Å². The van der Waals surface area contributed by atoms with Gasteiger partial charge in [-0.05, 0) is 31.5 Å². The molecule has 2 unspecified atom stereocenters. The molecule has 0 amide bonds. The van der Waals surface area contributed by atoms with Gasteiger partial charge in [-0.15, -0.1) is 0 Å². The van der Waals surface area contributed by atoms with E-state index < -0.39 is 5.97 Å². The first-order chi connectivity index (χ1) is 8.75. The summed E-state index contributed by atoms with van der Waals surface area (Å²) >= 11 is 0. The number of nitrogens with zero attached hydrogens (tertiary/aromatic N) is 3. The van der Waals surface area contributed by atoms with E-state index in [2.05, 4.69) is 15.4 Å². The SMILES string of the molecule is O=C(O)C1CCNC(c2cccc3ncnn23)C1. The zero-order valence-corrected chi connectivity index (χ0v) is 9.78. The van der Waals surface area contributed by atoms with Crippen LogP contribution in [-0.2, 0) is 4.79 Å². The number of rotatable bonds is 2. The fourth-order valence-electron chi connectivity index (χ4n) is 2.50. The number of piperidine rings is 1. The molecule has 0 radical (unpaired) electrons. The smallest absolute Gasteiger partial charge is 0.306 e. The first kappa shape index (κ1) is 11.2. The molecule has 3 heterocycles. The van der Waals surface area contributed by atoms with Crippen LogP contribution in [0.25, 0.3) is 5.65 Å². The molecule has 3 rings (SSSR count). The van der Waals surface area contributed by atoms with E-state index in [1.54, 1.807) is 4.52 Å². The average Bonchev–Trinajstić information content (AvgIpc) is 2.87. The fraction of sp³-hybridized carbons (Fsp3) is 0.417. The van der Waals surface area contributed by atoms with Crippen molar-refractivity contribution >= 4 is 11.6 Å². The summed E-state index contributed by atoms with van der Waals surface area (Å²) in [5, 5.41) is 16.6. The number of fused-ring (bicyclic) bond motifs is 1. The Labute approximate surface area is 104 Å². The predicted molar refractivity (Wildman–Crippen MR) is 64.1 cm³/mol. The third-order valence-corrected chi connectivity index (χ3v) is 3.44. The van der Waals surface area contributed by atoms with Gasteiger partial charge in [0, 0.05) is 0 Å². The van der Waals surface area contributed by atoms with Crippen LogP contribution < -0.4 is 5.32 Å². The van der Waals surface area contributed by atoms with Crippen LogP contribution in [0.15, 0.2) is 24.5 Å². The zero-order chi connectivity index (χ0) is 12.5. The number of pyridine rings is 1. The van der Waals surface area contributed by atoms with Crippen molar-refractivity contribution in [2.75, 3.05) is 6.54 Å². The van der Waals surface area contributed by atoms with Gasteiger partial charge in [-0.1, -0.05) is 6.07 Å². The highest BCUT2D eigenvalue weighted by Gasteiger charge is 2.28. The lowest BCUT2D eigenvalue weighted by atomic mass is 9.91. The van der Waals surface area contributed by atoms with Gasteiger partial charge in [-0.3, -0.25) is 4.79 Å². The monoisotopic (exact) mass is 246 g/mol. The average molecular weight is 246 g/mol. The van der Waals surface area contributed by atoms with Crippen molar-refractivity contribution < 1.29 is 9.90 Å². The Morgan fingerprint density at radius 2 is 2.39 bits per heavy atom. The summed E-state index contributed by atoms with van der Waals surface area (Å²) in [6.07, 6.45) is 2.78. The van der Waals surface area contributed by atoms with Crippen LogP contribution in [0.3, 0.4) is 0 Å². The highest BCUT2D eigenvalue weighted by molar-refractivity contribution is 5.70. The van der Waals surface area contributed by atoms with Gasteiger partial charge in [-0.25, -0.2) is 9.50 Å². The Bertz CT molecular complexity index is 580. The molecule has 6 nitrogen and oxygen atoms in total. The molecule has 1 aliphatic heterocycles. The fourth-order valence-corrected chi connectivity index (χ4v) is 2.50. The molecule has 0 bridgehead atoms. The van der Waals surface area contributed by atoms with Gasteiger partial charge in [0.05, 0.1) is 17.7 Å². The standard InChI is InChI=1S/C12H14N4O2/c17-12(18)8-4-5-13-9(6-8)10-2-1-3-11-14-7-15-16(10)11/h1-3,7-9,13H,4-6H2,(H,17,18). The van der Waals surface area contributed by atoms with E-state index in [0.717, 1.165) is 11.3 Å². The predicted octanol–water partition coefficient (Wildman–Crippen LogP) is 0.855. The maximum Gasteiger partial charge on any atom is 0.306 e. The molecule has 6 heteroatoms. The van der Waals surface area contributed by atoms with E-state index in [1.165, 1.54) is 6.33 Å². The highest BCUT2D eigenvalue weighted by Crippen LogP contribution is 2.27. The molecule has 2 atom stereocenters. The summed E-state index contributed by atoms with van der Waals surface area (Å²) in [4.78, 5) is 15.2. The van der Waals surface area contributed by atoms with Gasteiger partial charge < -0.3 is 10.4 Å². The van der Waals surface area contributed by atoms with Gasteiger partial charge in [0.1, 0.15) is 6.33 Å². The summed E-state index contributed by atoms with van der Waals surface area (Å²) in [7, 11) is 0. The quantitative estimate of drug-likeness (QED) is 0.821. The molecular weight excluding hydrogens is 232 g/mol. The molecule has 18 heavy (non-hydrogen) atoms. The number of aromatic nitrogens is 3. The first-order valence-electron chi connectivity index (χ1n) is 6.00. The van der Waals surface area contributed by atoms with Gasteiger partial charge in [0.15, 0.2) is 5.65 Å². The molecule has 0 spiro atoms. The molecule has 2 aromatic rings. The Hall–Kier alpha value is -1.95. The van der Waals surface area contributed by atoms with Crippen molar-refractivity contribution in [1.29, 1.82) is 0 Å². The van der Waals surface area contributed by atoms with Crippen LogP contribution >= 0.6 is 0 Å². The largest absolute Gasteiger partial charge is 0.481 e. The minimum Gasteiger partial charge on any atom is -0.481 e. The van der Waals surface area contributed by atoms with E-state index in [1.807, 2.05) is 18.2 Å². The van der Waals surface area contributed by atoms with E-state index >= 15 is 0 Å². The van der Waals surface area contributed by atoms with Crippen molar-refractivity contribution in [3.8, 4) is 0 Å². The second kappa shape index (κ2) is 4.38. The van der Waals surface area contributed by atoms with Gasteiger partial charge >= 0.3 is 5.97 Å². The van der Waals surface area contributed by atoms with Crippen LogP contribution in [0.2, 0.25) is 0 Å². The molecule has 0 saturated carbocycles. The maximum atomic E-state index is 11.1. The minimum atomic E-state index is -0.715. The Morgan fingerprint density at radius 3 is 3.22 bits per heavy atom. The van der Waals surface area contributed by atoms with E-state index in [0.29, 0.717) is 19.4 Å². The summed E-state index contributed by atoms with van der Waals surface area (Å²) in [5.41, 5.74) is 1.75. The molecule has 0 aliphatic carbocycles. The molecule has 1 aliphatic rings. The van der Waals surface area contributed by atoms with Crippen LogP contribution in [0.5, 0.6) is 0 Å². The van der Waals surface area contributed by atoms with Crippen LogP contribution in [0.4, 0.5) is 0 Å². The van der Waals surface area contributed by atoms with Crippen molar-refractivity contribution in [2.45, 2.75) is 18.9 Å². The second-order valence-corrected chi connectivity index (χ2v) is 4.55. The molecule has 2 N–H and O–H groups in total. The number of carboxylic acids is 1. The highest BCUT2D eigenvalue weighted by atomic mass is 16.4. The number of carboxylic acid groups (broad SMARTS) is 1. The normalized spacial score (nSPS) is 24.2. The zero-order valence-electron chi connectivity index (χ0n) is 9.78. The topological polar surface area (TPSA) is 79.5 Å². The lowest BCUT2D eigenvalue weighted by molar-refractivity contribution is -0.143. The Kier molecular flexibility index (Phi) is 2.71. The summed E-state index contributed by atoms with van der Waals surface area (Å²) < 4.78 is 1.77. The van der Waals surface area contributed by atoms with Gasteiger partial charge in [0.25, 0.3) is 0 Å². The number of nitrogens with one attached hydrogen (secondary N) is 1. The van der Waals surface area contributed by atoms with Crippen molar-refractivity contribution in [3.63, 3.8) is 0 Å². The molecule has 2 aromatic heterocycles. The number of hydrogen-bond acceptors (Lipinski definition) is 4. The van der Waals surface area contributed by atoms with E-state index in [4.69, 9.17) is 5.11 Å². The van der Waals surface area contributed by atoms with E-state index in [-0.39, 0.29) is 12.0 Å². The summed E-state index contributed by atoms with van der Waals surface area (Å²) in [5.74, 6) is -0.998. The van der Waals surface area contributed by atoms with Crippen molar-refractivity contribution in [2.24, 2.45) is 5.92 Å². The van der Waals surface area contributed by atoms with E-state index in [9.17, 15) is 4.79 Å². The lowest BCUT2D eigenvalue weighted by Crippen LogP contribution is -2.35. The number of carbonyl (C=O) groups is 1. The molecule has 1 saturated heterocycles. The van der Waals surface area contributed by atoms with Gasteiger partial charge in [-0.2, -0.15) is 5.10 Å². The molecular formula is C12H14N4O2. The molecule has 94 valence electrons. The Balaban J connectivity index is 1.94. The number of aliphatic carboxylic acids is 1. The summed E-state index contributed by atoms with van der Waals surface area (Å²) in [6, 6.07) is 5.79. The molecule has 1 fully saturated rings. The third kappa shape index (κ3) is 1.84. The van der Waals surface area contributed by atoms with Crippen molar-refractivity contribution in [1.82, 2.24) is 19.9 Å². The number of hydrogen-bond donors (Lipinski definition) is 2. The maximum absolute atomic E-state index is 11.1. The lowest BCUT2D eigenvalue weighted by Gasteiger charge is -2.28. The summed E-state index contributed by atoms with van der Waals surface area (Å²) in [6.45, 7) is 0.715. The minimum absolute atomic E-state index is 0.0187. The third-order valence-electron chi connectivity index (χ3n) is 3.44. The van der Waals surface area contributed by atoms with Crippen LogP contribution in [-0.4, -0.2) is 32.2 Å². The molecule has 0 aromatic carbocycles. The second-order valence-electron chi connectivity index (χ2n) is 4.55. The van der Waals surface area contributed by atoms with Crippen LogP contribution in [0.1, 0.15) is 24.6 Å². The Morgan fingerprint density at radius 1 is 1.50 bits per heavy atom. The first-order valence-corrected chi connectivity index (χ1v) is 6.00. The van der Waals surface area contributed by atoms with Gasteiger partial charge in [0.2, 0.25) is 0 Å². The van der Waals surface area contributed by atoms with Crippen LogP contribution in [0, 0.1) is 5.92 Å².